The molecule has 0 spiro atoms. The molecule has 106 valence electrons. The van der Waals surface area contributed by atoms with Crippen molar-refractivity contribution in [1.29, 1.82) is 0 Å². The van der Waals surface area contributed by atoms with E-state index in [1.807, 2.05) is 43.4 Å². The molecule has 4 heteroatoms. The van der Waals surface area contributed by atoms with Crippen molar-refractivity contribution in [2.24, 2.45) is 0 Å². The van der Waals surface area contributed by atoms with Crippen LogP contribution in [0, 0.1) is 0 Å². The number of rotatable bonds is 6. The van der Waals surface area contributed by atoms with E-state index in [1.165, 1.54) is 0 Å². The minimum absolute atomic E-state index is 0.00147. The van der Waals surface area contributed by atoms with Gasteiger partial charge in [0.25, 0.3) is 0 Å². The van der Waals surface area contributed by atoms with Gasteiger partial charge >= 0.3 is 0 Å². The van der Waals surface area contributed by atoms with Crippen molar-refractivity contribution in [2.75, 3.05) is 13.6 Å². The van der Waals surface area contributed by atoms with Crippen molar-refractivity contribution in [3.05, 3.63) is 63.6 Å². The average Bonchev–Trinajstić information content (AvgIpc) is 2.48. The highest BCUT2D eigenvalue weighted by molar-refractivity contribution is 9.10. The maximum Gasteiger partial charge on any atom is 0.135 e. The van der Waals surface area contributed by atoms with Crippen molar-refractivity contribution < 1.29 is 4.74 Å². The fourth-order valence-electron chi connectivity index (χ4n) is 1.96. The first kappa shape index (κ1) is 15.4. The van der Waals surface area contributed by atoms with Gasteiger partial charge in [-0.3, -0.25) is 0 Å². The predicted octanol–water partition coefficient (Wildman–Crippen LogP) is 4.83. The van der Waals surface area contributed by atoms with E-state index >= 15 is 0 Å². The molecule has 2 nitrogen and oxygen atoms in total. The van der Waals surface area contributed by atoms with Crippen LogP contribution in [-0.2, 0) is 0 Å². The van der Waals surface area contributed by atoms with Gasteiger partial charge in [-0.25, -0.2) is 0 Å². The van der Waals surface area contributed by atoms with Crippen LogP contribution in [0.2, 0.25) is 5.02 Å². The number of hydrogen-bond acceptors (Lipinski definition) is 2. The number of nitrogens with one attached hydrogen (secondary N) is 1. The van der Waals surface area contributed by atoms with Crippen molar-refractivity contribution in [3.8, 4) is 5.75 Å². The SMILES string of the molecule is CNCC[C@@H](Oc1cc(Cl)ccc1Br)c1ccccc1. The Balaban J connectivity index is 2.21. The van der Waals surface area contributed by atoms with Gasteiger partial charge in [-0.1, -0.05) is 41.9 Å². The predicted molar refractivity (Wildman–Crippen MR) is 87.5 cm³/mol. The topological polar surface area (TPSA) is 21.3 Å². The van der Waals surface area contributed by atoms with E-state index in [2.05, 4.69) is 33.4 Å². The van der Waals surface area contributed by atoms with Gasteiger partial charge in [0.05, 0.1) is 4.47 Å². The summed E-state index contributed by atoms with van der Waals surface area (Å²) in [5.74, 6) is 0.766. The Morgan fingerprint density at radius 1 is 1.20 bits per heavy atom. The van der Waals surface area contributed by atoms with Crippen LogP contribution in [-0.4, -0.2) is 13.6 Å². The second-order valence-corrected chi connectivity index (χ2v) is 5.77. The second kappa shape index (κ2) is 7.67. The smallest absolute Gasteiger partial charge is 0.135 e. The van der Waals surface area contributed by atoms with Crippen LogP contribution in [0.4, 0.5) is 0 Å². The third-order valence-electron chi connectivity index (χ3n) is 2.99. The molecule has 0 heterocycles. The first-order valence-electron chi connectivity index (χ1n) is 6.52. The molecule has 0 aliphatic heterocycles. The van der Waals surface area contributed by atoms with E-state index in [9.17, 15) is 0 Å². The van der Waals surface area contributed by atoms with Crippen LogP contribution >= 0.6 is 27.5 Å². The Morgan fingerprint density at radius 3 is 2.65 bits per heavy atom. The van der Waals surface area contributed by atoms with Crippen molar-refractivity contribution in [2.45, 2.75) is 12.5 Å². The third-order valence-corrected chi connectivity index (χ3v) is 3.88. The first-order chi connectivity index (χ1) is 9.70. The standard InChI is InChI=1S/C16H17BrClNO/c1-19-10-9-15(12-5-3-2-4-6-12)20-16-11-13(18)7-8-14(16)17/h2-8,11,15,19H,9-10H2,1H3/t15-/m1/s1. The van der Waals surface area contributed by atoms with Crippen LogP contribution in [0.25, 0.3) is 0 Å². The molecule has 0 saturated carbocycles. The third kappa shape index (κ3) is 4.23. The quantitative estimate of drug-likeness (QED) is 0.802. The van der Waals surface area contributed by atoms with Crippen LogP contribution in [0.5, 0.6) is 5.75 Å². The molecule has 20 heavy (non-hydrogen) atoms. The summed E-state index contributed by atoms with van der Waals surface area (Å²) in [6, 6.07) is 15.8. The Labute approximate surface area is 133 Å². The Hall–Kier alpha value is -1.03. The summed E-state index contributed by atoms with van der Waals surface area (Å²) in [7, 11) is 1.94. The van der Waals surface area contributed by atoms with E-state index in [0.29, 0.717) is 5.02 Å². The van der Waals surface area contributed by atoms with Gasteiger partial charge in [0, 0.05) is 11.4 Å². The zero-order valence-corrected chi connectivity index (χ0v) is 13.6. The summed E-state index contributed by atoms with van der Waals surface area (Å²) in [6.45, 7) is 0.887. The summed E-state index contributed by atoms with van der Waals surface area (Å²) in [4.78, 5) is 0. The van der Waals surface area contributed by atoms with Crippen LogP contribution in [0.1, 0.15) is 18.1 Å². The monoisotopic (exact) mass is 353 g/mol. The molecule has 1 atom stereocenters. The molecule has 0 aliphatic rings. The van der Waals surface area contributed by atoms with E-state index < -0.39 is 0 Å². The highest BCUT2D eigenvalue weighted by atomic mass is 79.9. The van der Waals surface area contributed by atoms with E-state index in [0.717, 1.165) is 28.8 Å². The summed E-state index contributed by atoms with van der Waals surface area (Å²) in [5, 5.41) is 3.83. The lowest BCUT2D eigenvalue weighted by atomic mass is 10.1. The Kier molecular flexibility index (Phi) is 5.89. The highest BCUT2D eigenvalue weighted by Gasteiger charge is 2.14. The number of ether oxygens (including phenoxy) is 1. The minimum atomic E-state index is -0.00147. The van der Waals surface area contributed by atoms with Gasteiger partial charge in [0.15, 0.2) is 0 Å². The Bertz CT molecular complexity index is 547. The van der Waals surface area contributed by atoms with Crippen molar-refractivity contribution in [1.82, 2.24) is 5.32 Å². The lowest BCUT2D eigenvalue weighted by molar-refractivity contribution is 0.193. The summed E-state index contributed by atoms with van der Waals surface area (Å²) in [5.41, 5.74) is 1.16. The zero-order chi connectivity index (χ0) is 14.4. The summed E-state index contributed by atoms with van der Waals surface area (Å²) >= 11 is 9.54. The Morgan fingerprint density at radius 2 is 1.95 bits per heavy atom. The molecule has 0 saturated heterocycles. The van der Waals surface area contributed by atoms with Crippen molar-refractivity contribution in [3.63, 3.8) is 0 Å². The molecule has 2 aromatic carbocycles. The largest absolute Gasteiger partial charge is 0.484 e. The molecular formula is C16H17BrClNO. The maximum absolute atomic E-state index is 6.14. The van der Waals surface area contributed by atoms with Crippen molar-refractivity contribution >= 4 is 27.5 Å². The second-order valence-electron chi connectivity index (χ2n) is 4.48. The van der Waals surface area contributed by atoms with E-state index in [-0.39, 0.29) is 6.10 Å². The summed E-state index contributed by atoms with van der Waals surface area (Å²) < 4.78 is 7.05. The molecule has 0 unspecified atom stereocenters. The van der Waals surface area contributed by atoms with Crippen LogP contribution < -0.4 is 10.1 Å². The van der Waals surface area contributed by atoms with Gasteiger partial charge in [0.2, 0.25) is 0 Å². The molecular weight excluding hydrogens is 338 g/mol. The molecule has 1 N–H and O–H groups in total. The lowest BCUT2D eigenvalue weighted by Crippen LogP contribution is -2.16. The average molecular weight is 355 g/mol. The molecule has 2 aromatic rings. The van der Waals surface area contributed by atoms with E-state index in [1.54, 1.807) is 0 Å². The fourth-order valence-corrected chi connectivity index (χ4v) is 2.46. The summed E-state index contributed by atoms with van der Waals surface area (Å²) in [6.07, 6.45) is 0.887. The number of hydrogen-bond donors (Lipinski definition) is 1. The molecule has 0 amide bonds. The van der Waals surface area contributed by atoms with E-state index in [4.69, 9.17) is 16.3 Å². The van der Waals surface area contributed by atoms with Gasteiger partial charge in [-0.15, -0.1) is 0 Å². The maximum atomic E-state index is 6.14. The van der Waals surface area contributed by atoms with Crippen LogP contribution in [0.3, 0.4) is 0 Å². The molecule has 0 aliphatic carbocycles. The van der Waals surface area contributed by atoms with Gasteiger partial charge in [-0.2, -0.15) is 0 Å². The lowest BCUT2D eigenvalue weighted by Gasteiger charge is -2.20. The number of benzene rings is 2. The number of halogens is 2. The molecule has 0 aromatic heterocycles. The minimum Gasteiger partial charge on any atom is -0.484 e. The van der Waals surface area contributed by atoms with Crippen LogP contribution in [0.15, 0.2) is 53.0 Å². The normalized spacial score (nSPS) is 12.2. The molecule has 0 fully saturated rings. The first-order valence-corrected chi connectivity index (χ1v) is 7.69. The molecule has 0 bridgehead atoms. The highest BCUT2D eigenvalue weighted by Crippen LogP contribution is 2.33. The van der Waals surface area contributed by atoms with Gasteiger partial charge in [-0.05, 0) is 53.3 Å². The fraction of sp³-hybridized carbons (Fsp3) is 0.250. The van der Waals surface area contributed by atoms with Gasteiger partial charge < -0.3 is 10.1 Å². The molecule has 2 rings (SSSR count). The van der Waals surface area contributed by atoms with Gasteiger partial charge in [0.1, 0.15) is 11.9 Å². The zero-order valence-electron chi connectivity index (χ0n) is 11.3. The molecule has 0 radical (unpaired) electrons.